The topological polar surface area (TPSA) is 26.0 Å². The average molecular weight is 247 g/mol. The van der Waals surface area contributed by atoms with Gasteiger partial charge in [-0.05, 0) is 78.9 Å². The highest BCUT2D eigenvalue weighted by molar-refractivity contribution is 5.37. The summed E-state index contributed by atoms with van der Waals surface area (Å²) < 4.78 is 0. The zero-order chi connectivity index (χ0) is 12.7. The van der Waals surface area contributed by atoms with Gasteiger partial charge in [-0.25, -0.2) is 0 Å². The van der Waals surface area contributed by atoms with Crippen LogP contribution in [-0.2, 0) is 0 Å². The van der Waals surface area contributed by atoms with Crippen LogP contribution in [0, 0.1) is 40.4 Å². The molecule has 4 fully saturated rings. The number of rotatable bonds is 0. The van der Waals surface area contributed by atoms with E-state index in [4.69, 9.17) is 5.73 Å². The van der Waals surface area contributed by atoms with Crippen LogP contribution in [0.2, 0.25) is 0 Å². The van der Waals surface area contributed by atoms with E-state index in [1.165, 1.54) is 25.7 Å². The van der Waals surface area contributed by atoms with E-state index in [1.54, 1.807) is 12.8 Å². The first-order chi connectivity index (χ1) is 8.51. The van der Waals surface area contributed by atoms with Gasteiger partial charge >= 0.3 is 0 Å². The summed E-state index contributed by atoms with van der Waals surface area (Å²) in [5, 5.41) is 0. The number of hydrogen-bond donors (Lipinski definition) is 1. The van der Waals surface area contributed by atoms with Crippen LogP contribution in [0.3, 0.4) is 0 Å². The van der Waals surface area contributed by atoms with Crippen molar-refractivity contribution >= 4 is 0 Å². The van der Waals surface area contributed by atoms with Gasteiger partial charge in [-0.15, -0.1) is 0 Å². The summed E-state index contributed by atoms with van der Waals surface area (Å²) in [5.74, 6) is 5.01. The molecule has 0 aromatic rings. The molecule has 1 heteroatoms. The first kappa shape index (κ1) is 11.8. The third-order valence-electron chi connectivity index (χ3n) is 7.71. The predicted octanol–water partition coefficient (Wildman–Crippen LogP) is 3.82. The lowest BCUT2D eigenvalue weighted by Gasteiger charge is -2.46. The van der Waals surface area contributed by atoms with Crippen molar-refractivity contribution < 1.29 is 0 Å². The summed E-state index contributed by atoms with van der Waals surface area (Å²) in [4.78, 5) is 0. The highest BCUT2D eigenvalue weighted by atomic mass is 14.9. The third-order valence-corrected chi connectivity index (χ3v) is 7.71. The van der Waals surface area contributed by atoms with Crippen LogP contribution in [0.5, 0.6) is 0 Å². The number of fused-ring (bicyclic) bond motifs is 5. The molecule has 102 valence electrons. The maximum absolute atomic E-state index is 6.20. The van der Waals surface area contributed by atoms with Crippen LogP contribution in [0.4, 0.5) is 0 Å². The quantitative estimate of drug-likeness (QED) is 0.692. The van der Waals surface area contributed by atoms with Crippen molar-refractivity contribution in [2.45, 2.75) is 65.3 Å². The summed E-state index contributed by atoms with van der Waals surface area (Å²) in [7, 11) is 0. The molecule has 0 saturated heterocycles. The van der Waals surface area contributed by atoms with E-state index in [1.807, 2.05) is 0 Å². The molecular formula is C17H29N. The fraction of sp³-hybridized carbons (Fsp3) is 1.00. The van der Waals surface area contributed by atoms with Crippen LogP contribution < -0.4 is 5.73 Å². The van der Waals surface area contributed by atoms with Gasteiger partial charge in [0.05, 0.1) is 0 Å². The minimum atomic E-state index is 0.497. The lowest BCUT2D eigenvalue weighted by molar-refractivity contribution is 0.0437. The average Bonchev–Trinajstić information content (AvgIpc) is 3.19. The largest absolute Gasteiger partial charge is 0.327 e. The fourth-order valence-electron chi connectivity index (χ4n) is 6.42. The van der Waals surface area contributed by atoms with Crippen molar-refractivity contribution in [3.63, 3.8) is 0 Å². The summed E-state index contributed by atoms with van der Waals surface area (Å²) in [6.45, 7) is 7.35. The lowest BCUT2D eigenvalue weighted by Crippen LogP contribution is -2.42. The highest BCUT2D eigenvalue weighted by Gasteiger charge is 2.90. The molecule has 4 aliphatic carbocycles. The van der Waals surface area contributed by atoms with Crippen LogP contribution in [0.15, 0.2) is 0 Å². The molecule has 0 aromatic carbocycles. The maximum atomic E-state index is 6.20. The molecule has 0 radical (unpaired) electrons. The first-order valence-electron chi connectivity index (χ1n) is 8.27. The van der Waals surface area contributed by atoms with E-state index in [9.17, 15) is 0 Å². The van der Waals surface area contributed by atoms with Gasteiger partial charge in [-0.2, -0.15) is 0 Å². The Balaban J connectivity index is 1.45. The Morgan fingerprint density at radius 1 is 0.778 bits per heavy atom. The fourth-order valence-corrected chi connectivity index (χ4v) is 6.42. The van der Waals surface area contributed by atoms with Crippen LogP contribution >= 0.6 is 0 Å². The van der Waals surface area contributed by atoms with Crippen LogP contribution in [0.1, 0.15) is 59.3 Å². The molecule has 4 aliphatic rings. The van der Waals surface area contributed by atoms with Crippen molar-refractivity contribution in [1.82, 2.24) is 0 Å². The van der Waals surface area contributed by atoms with Gasteiger partial charge in [0.15, 0.2) is 0 Å². The highest BCUT2D eigenvalue weighted by Crippen LogP contribution is 2.95. The van der Waals surface area contributed by atoms with Crippen LogP contribution in [0.25, 0.3) is 0 Å². The van der Waals surface area contributed by atoms with Crippen molar-refractivity contribution in [1.29, 1.82) is 0 Å². The molecule has 0 aromatic heterocycles. The van der Waals surface area contributed by atoms with Gasteiger partial charge in [0.1, 0.15) is 0 Å². The monoisotopic (exact) mass is 247 g/mol. The summed E-state index contributed by atoms with van der Waals surface area (Å²) in [6.07, 6.45) is 8.81. The zero-order valence-electron chi connectivity index (χ0n) is 12.3. The number of hydrogen-bond acceptors (Lipinski definition) is 1. The van der Waals surface area contributed by atoms with Crippen LogP contribution in [-0.4, -0.2) is 6.04 Å². The van der Waals surface area contributed by atoms with Gasteiger partial charge in [0.25, 0.3) is 0 Å². The summed E-state index contributed by atoms with van der Waals surface area (Å²) in [6, 6.07) is 0.497. The van der Waals surface area contributed by atoms with Gasteiger partial charge in [-0.3, -0.25) is 0 Å². The van der Waals surface area contributed by atoms with E-state index in [2.05, 4.69) is 20.8 Å². The predicted molar refractivity (Wildman–Crippen MR) is 75.0 cm³/mol. The molecule has 1 nitrogen and oxygen atoms in total. The van der Waals surface area contributed by atoms with Crippen molar-refractivity contribution in [2.24, 2.45) is 46.2 Å². The Bertz CT molecular complexity index is 330. The van der Waals surface area contributed by atoms with Gasteiger partial charge < -0.3 is 5.73 Å². The van der Waals surface area contributed by atoms with E-state index in [-0.39, 0.29) is 0 Å². The number of nitrogens with two attached hydrogens (primary N) is 1. The molecule has 2 N–H and O–H groups in total. The van der Waals surface area contributed by atoms with Gasteiger partial charge in [0.2, 0.25) is 0 Å². The molecule has 6 unspecified atom stereocenters. The summed E-state index contributed by atoms with van der Waals surface area (Å²) in [5.41, 5.74) is 7.84. The lowest BCUT2D eigenvalue weighted by atomic mass is 9.59. The molecular weight excluding hydrogens is 218 g/mol. The van der Waals surface area contributed by atoms with E-state index >= 15 is 0 Å². The second-order valence-corrected chi connectivity index (χ2v) is 8.50. The molecule has 2 spiro atoms. The minimum Gasteiger partial charge on any atom is -0.327 e. The van der Waals surface area contributed by atoms with Gasteiger partial charge in [0, 0.05) is 6.04 Å². The molecule has 0 aliphatic heterocycles. The van der Waals surface area contributed by atoms with Crippen molar-refractivity contribution in [3.05, 3.63) is 0 Å². The van der Waals surface area contributed by atoms with E-state index in [0.29, 0.717) is 6.04 Å². The Hall–Kier alpha value is -0.0400. The molecule has 18 heavy (non-hydrogen) atoms. The van der Waals surface area contributed by atoms with E-state index < -0.39 is 0 Å². The Morgan fingerprint density at radius 3 is 1.89 bits per heavy atom. The SMILES string of the molecule is CC1CCC2(CC1C)C1C2C12CCC(N)C(C)C2. The molecule has 4 rings (SSSR count). The molecule has 0 bridgehead atoms. The molecule has 0 heterocycles. The molecule has 0 amide bonds. The second-order valence-electron chi connectivity index (χ2n) is 8.50. The van der Waals surface area contributed by atoms with Gasteiger partial charge in [-0.1, -0.05) is 20.8 Å². The Morgan fingerprint density at radius 2 is 1.33 bits per heavy atom. The normalized spacial score (nSPS) is 66.0. The first-order valence-corrected chi connectivity index (χ1v) is 8.27. The molecule has 6 atom stereocenters. The minimum absolute atomic E-state index is 0.497. The van der Waals surface area contributed by atoms with E-state index in [0.717, 1.165) is 40.4 Å². The smallest absolute Gasteiger partial charge is 0.00649 e. The Kier molecular flexibility index (Phi) is 2.18. The Labute approximate surface area is 112 Å². The zero-order valence-corrected chi connectivity index (χ0v) is 12.3. The standard InChI is InChI=1S/C17H29N/c1-10-4-6-16(8-11(10)2)14-15(16)17(14)7-5-13(18)12(3)9-17/h10-15H,4-9,18H2,1-3H3. The second kappa shape index (κ2) is 3.34. The van der Waals surface area contributed by atoms with Crippen molar-refractivity contribution in [2.75, 3.05) is 0 Å². The third kappa shape index (κ3) is 1.23. The maximum Gasteiger partial charge on any atom is 0.00649 e. The summed E-state index contributed by atoms with van der Waals surface area (Å²) >= 11 is 0. The van der Waals surface area contributed by atoms with Crippen molar-refractivity contribution in [3.8, 4) is 0 Å². The molecule has 4 saturated carbocycles.